The first-order chi connectivity index (χ1) is 7.16. The van der Waals surface area contributed by atoms with Gasteiger partial charge in [-0.15, -0.1) is 11.8 Å². The number of hydrogen-bond acceptors (Lipinski definition) is 3. The Morgan fingerprint density at radius 1 is 1.73 bits per heavy atom. The molecule has 5 heteroatoms. The van der Waals surface area contributed by atoms with Crippen molar-refractivity contribution < 1.29 is 14.4 Å². The Morgan fingerprint density at radius 2 is 2.47 bits per heavy atom. The Kier molecular flexibility index (Phi) is 4.58. The van der Waals surface area contributed by atoms with Gasteiger partial charge in [0.05, 0.1) is 0 Å². The van der Waals surface area contributed by atoms with Gasteiger partial charge in [-0.05, 0) is 11.5 Å². The quantitative estimate of drug-likeness (QED) is 0.535. The summed E-state index contributed by atoms with van der Waals surface area (Å²) < 4.78 is 13.4. The molecule has 0 spiro atoms. The van der Waals surface area contributed by atoms with E-state index < -0.39 is 17.7 Å². The van der Waals surface area contributed by atoms with Crippen LogP contribution in [0.1, 0.15) is 6.92 Å². The zero-order valence-corrected chi connectivity index (χ0v) is 9.05. The van der Waals surface area contributed by atoms with Gasteiger partial charge in [0.2, 0.25) is 0 Å². The Morgan fingerprint density at radius 3 is 3.13 bits per heavy atom. The molecule has 0 aliphatic carbocycles. The smallest absolute Gasteiger partial charge is 0.271 e. The van der Waals surface area contributed by atoms with Crippen LogP contribution in [0.3, 0.4) is 0 Å². The van der Waals surface area contributed by atoms with E-state index in [0.717, 1.165) is 0 Å². The highest BCUT2D eigenvalue weighted by atomic mass is 32.2. The Hall–Kier alpha value is -1.07. The number of hydroxylamine groups is 1. The Labute approximate surface area is 91.7 Å². The largest absolute Gasteiger partial charge is 0.288 e. The molecule has 1 amide bonds. The van der Waals surface area contributed by atoms with Gasteiger partial charge in [0, 0.05) is 17.2 Å². The number of halogens is 1. The summed E-state index contributed by atoms with van der Waals surface area (Å²) in [7, 11) is 0. The molecule has 1 heterocycles. The number of carbonyl (C=O) groups excluding carboxylic acids is 1. The van der Waals surface area contributed by atoms with Crippen LogP contribution in [0.4, 0.5) is 4.39 Å². The van der Waals surface area contributed by atoms with E-state index in [1.807, 2.05) is 0 Å². The average molecular weight is 229 g/mol. The first kappa shape index (κ1) is 12.0. The summed E-state index contributed by atoms with van der Waals surface area (Å²) in [6.07, 6.45) is 4.74. The predicted octanol–water partition coefficient (Wildman–Crippen LogP) is 2.17. The highest BCUT2D eigenvalue weighted by molar-refractivity contribution is 8.02. The molecule has 1 aliphatic heterocycles. The summed E-state index contributed by atoms with van der Waals surface area (Å²) in [5, 5.41) is 10.1. The molecule has 0 saturated carbocycles. The van der Waals surface area contributed by atoms with E-state index in [0.29, 0.717) is 5.75 Å². The maximum atomic E-state index is 13.4. The van der Waals surface area contributed by atoms with Gasteiger partial charge in [-0.25, -0.2) is 9.87 Å². The second-order valence-electron chi connectivity index (χ2n) is 3.05. The molecular weight excluding hydrogens is 217 g/mol. The number of allylic oxidation sites excluding steroid dienone is 3. The normalized spacial score (nSPS) is 27.5. The van der Waals surface area contributed by atoms with Crippen molar-refractivity contribution in [1.29, 1.82) is 0 Å². The summed E-state index contributed by atoms with van der Waals surface area (Å²) in [5.41, 5.74) is 1.74. The Balaban J connectivity index is 2.97. The van der Waals surface area contributed by atoms with Gasteiger partial charge in [0.1, 0.15) is 5.83 Å². The van der Waals surface area contributed by atoms with E-state index in [-0.39, 0.29) is 5.57 Å². The number of thioether (sulfide) groups is 1. The molecule has 1 aliphatic rings. The van der Waals surface area contributed by atoms with Crippen molar-refractivity contribution in [2.75, 3.05) is 5.75 Å². The van der Waals surface area contributed by atoms with Crippen molar-refractivity contribution in [3.8, 4) is 0 Å². The van der Waals surface area contributed by atoms with E-state index in [1.165, 1.54) is 23.3 Å². The highest BCUT2D eigenvalue weighted by Gasteiger charge is 2.20. The van der Waals surface area contributed by atoms with E-state index >= 15 is 0 Å². The molecule has 0 aromatic rings. The zero-order valence-electron chi connectivity index (χ0n) is 8.24. The van der Waals surface area contributed by atoms with Crippen LogP contribution in [-0.2, 0) is 4.79 Å². The minimum Gasteiger partial charge on any atom is -0.288 e. The second kappa shape index (κ2) is 5.72. The van der Waals surface area contributed by atoms with E-state index in [2.05, 4.69) is 0 Å². The molecule has 1 rings (SSSR count). The van der Waals surface area contributed by atoms with Crippen molar-refractivity contribution in [1.82, 2.24) is 5.48 Å². The van der Waals surface area contributed by atoms with Crippen LogP contribution in [0.5, 0.6) is 0 Å². The standard InChI is InChI=1S/C10H12FNO2S/c1-7-8(10(13)12-14)6-15-5-3-2-4-9(7)11/h2-4,6-7,14H,5H2,1H3,(H,12,13)/b3-2-,8-6?,9-4+. The monoisotopic (exact) mass is 229 g/mol. The molecule has 0 aromatic heterocycles. The molecule has 1 unspecified atom stereocenters. The van der Waals surface area contributed by atoms with Gasteiger partial charge >= 0.3 is 0 Å². The summed E-state index contributed by atoms with van der Waals surface area (Å²) in [6, 6.07) is 0. The molecule has 0 bridgehead atoms. The lowest BCUT2D eigenvalue weighted by Crippen LogP contribution is -2.24. The van der Waals surface area contributed by atoms with Crippen LogP contribution in [0.2, 0.25) is 0 Å². The lowest BCUT2D eigenvalue weighted by Gasteiger charge is -2.11. The summed E-state index contributed by atoms with van der Waals surface area (Å²) in [4.78, 5) is 11.2. The average Bonchev–Trinajstić information content (AvgIpc) is 2.32. The molecule has 0 aromatic carbocycles. The number of carbonyl (C=O) groups is 1. The van der Waals surface area contributed by atoms with Crippen molar-refractivity contribution in [2.45, 2.75) is 6.92 Å². The molecule has 82 valence electrons. The second-order valence-corrected chi connectivity index (χ2v) is 3.95. The molecule has 0 fully saturated rings. The van der Waals surface area contributed by atoms with E-state index in [4.69, 9.17) is 5.21 Å². The van der Waals surface area contributed by atoms with Gasteiger partial charge < -0.3 is 0 Å². The van der Waals surface area contributed by atoms with Crippen LogP contribution in [0.15, 0.2) is 35.0 Å². The van der Waals surface area contributed by atoms with Crippen molar-refractivity contribution in [2.24, 2.45) is 5.92 Å². The van der Waals surface area contributed by atoms with Crippen molar-refractivity contribution >= 4 is 17.7 Å². The zero-order chi connectivity index (χ0) is 11.3. The first-order valence-corrected chi connectivity index (χ1v) is 5.50. The maximum absolute atomic E-state index is 13.4. The summed E-state index contributed by atoms with van der Waals surface area (Å²) in [6.45, 7) is 1.58. The number of amides is 1. The van der Waals surface area contributed by atoms with Gasteiger partial charge in [-0.1, -0.05) is 19.1 Å². The molecular formula is C10H12FNO2S. The third-order valence-electron chi connectivity index (χ3n) is 2.04. The molecule has 2 N–H and O–H groups in total. The fourth-order valence-corrected chi connectivity index (χ4v) is 1.93. The van der Waals surface area contributed by atoms with Crippen LogP contribution < -0.4 is 5.48 Å². The summed E-state index contributed by atoms with van der Waals surface area (Å²) in [5.74, 6) is -1.05. The lowest BCUT2D eigenvalue weighted by molar-refractivity contribution is -0.125. The summed E-state index contributed by atoms with van der Waals surface area (Å²) >= 11 is 1.38. The third kappa shape index (κ3) is 3.21. The fourth-order valence-electron chi connectivity index (χ4n) is 1.12. The number of rotatable bonds is 1. The minimum atomic E-state index is -0.666. The third-order valence-corrected chi connectivity index (χ3v) is 2.84. The topological polar surface area (TPSA) is 49.3 Å². The fraction of sp³-hybridized carbons (Fsp3) is 0.300. The van der Waals surface area contributed by atoms with Crippen LogP contribution >= 0.6 is 11.8 Å². The van der Waals surface area contributed by atoms with Crippen LogP contribution in [-0.4, -0.2) is 16.9 Å². The Bertz CT molecular complexity index is 336. The minimum absolute atomic E-state index is 0.222. The van der Waals surface area contributed by atoms with Crippen LogP contribution in [0, 0.1) is 5.92 Å². The van der Waals surface area contributed by atoms with Gasteiger partial charge in [-0.3, -0.25) is 10.0 Å². The SMILES string of the molecule is CC1C(C(=O)NO)=CSC/C=C\C=C/1F. The lowest BCUT2D eigenvalue weighted by atomic mass is 10.0. The molecule has 0 radical (unpaired) electrons. The molecule has 1 atom stereocenters. The van der Waals surface area contributed by atoms with E-state index in [9.17, 15) is 9.18 Å². The predicted molar refractivity (Wildman–Crippen MR) is 58.0 cm³/mol. The highest BCUT2D eigenvalue weighted by Crippen LogP contribution is 2.25. The van der Waals surface area contributed by atoms with Gasteiger partial charge in [-0.2, -0.15) is 0 Å². The molecule has 15 heavy (non-hydrogen) atoms. The maximum Gasteiger partial charge on any atom is 0.271 e. The number of hydrogen-bond donors (Lipinski definition) is 2. The molecule has 3 nitrogen and oxygen atoms in total. The van der Waals surface area contributed by atoms with Crippen LogP contribution in [0.25, 0.3) is 0 Å². The van der Waals surface area contributed by atoms with Gasteiger partial charge in [0.15, 0.2) is 0 Å². The van der Waals surface area contributed by atoms with Crippen molar-refractivity contribution in [3.05, 3.63) is 35.0 Å². The van der Waals surface area contributed by atoms with Gasteiger partial charge in [0.25, 0.3) is 5.91 Å². The number of nitrogens with one attached hydrogen (secondary N) is 1. The molecule has 0 saturated heterocycles. The van der Waals surface area contributed by atoms with E-state index in [1.54, 1.807) is 24.5 Å². The first-order valence-electron chi connectivity index (χ1n) is 4.45. The van der Waals surface area contributed by atoms with Crippen molar-refractivity contribution in [3.63, 3.8) is 0 Å².